The number of nitrogens with two attached hydrogens (primary N) is 1. The fraction of sp³-hybridized carbons (Fsp3) is 0.762. The molecule has 0 unspecified atom stereocenters. The third-order valence-corrected chi connectivity index (χ3v) is 5.47. The van der Waals surface area contributed by atoms with Gasteiger partial charge in [0.05, 0.1) is 6.04 Å². The number of hydrogen-bond acceptors (Lipinski definition) is 7. The Balaban J connectivity index is 2.86. The third kappa shape index (κ3) is 10.2. The molecule has 1 aliphatic rings. The highest BCUT2D eigenvalue weighted by atomic mass is 16.4. The van der Waals surface area contributed by atoms with E-state index in [0.717, 1.165) is 13.0 Å². The van der Waals surface area contributed by atoms with Crippen molar-refractivity contribution in [1.82, 2.24) is 21.3 Å². The second kappa shape index (κ2) is 14.4. The molecule has 0 bridgehead atoms. The molecule has 33 heavy (non-hydrogen) atoms. The molecule has 1 fully saturated rings. The molecular formula is C21H37N5O7. The highest BCUT2D eigenvalue weighted by Crippen LogP contribution is 2.10. The molecule has 3 amide bonds. The molecule has 12 nitrogen and oxygen atoms in total. The average molecular weight is 472 g/mol. The number of amides is 3. The van der Waals surface area contributed by atoms with Gasteiger partial charge in [-0.1, -0.05) is 13.8 Å². The number of carbonyl (C=O) groups is 5. The van der Waals surface area contributed by atoms with Crippen LogP contribution in [0.4, 0.5) is 0 Å². The largest absolute Gasteiger partial charge is 0.481 e. The van der Waals surface area contributed by atoms with Gasteiger partial charge in [0.1, 0.15) is 18.1 Å². The van der Waals surface area contributed by atoms with Crippen molar-refractivity contribution < 1.29 is 34.2 Å². The van der Waals surface area contributed by atoms with Crippen LogP contribution in [0.1, 0.15) is 58.8 Å². The fourth-order valence-corrected chi connectivity index (χ4v) is 3.52. The first kappa shape index (κ1) is 28.3. The Morgan fingerprint density at radius 2 is 1.67 bits per heavy atom. The summed E-state index contributed by atoms with van der Waals surface area (Å²) in [5.74, 6) is -4.51. The summed E-state index contributed by atoms with van der Waals surface area (Å²) in [5.41, 5.74) is 5.53. The zero-order valence-corrected chi connectivity index (χ0v) is 19.3. The van der Waals surface area contributed by atoms with Gasteiger partial charge in [-0.25, -0.2) is 4.79 Å². The molecule has 0 aromatic carbocycles. The zero-order valence-electron chi connectivity index (χ0n) is 19.3. The predicted molar refractivity (Wildman–Crippen MR) is 119 cm³/mol. The lowest BCUT2D eigenvalue weighted by molar-refractivity contribution is -0.143. The van der Waals surface area contributed by atoms with Crippen molar-refractivity contribution in [2.24, 2.45) is 11.7 Å². The Labute approximate surface area is 193 Å². The van der Waals surface area contributed by atoms with Crippen LogP contribution >= 0.6 is 0 Å². The van der Waals surface area contributed by atoms with Gasteiger partial charge in [0.25, 0.3) is 0 Å². The normalized spacial score (nSPS) is 18.2. The molecule has 8 N–H and O–H groups in total. The number of carboxylic acids is 2. The van der Waals surface area contributed by atoms with Crippen molar-refractivity contribution in [1.29, 1.82) is 0 Å². The van der Waals surface area contributed by atoms with Crippen molar-refractivity contribution in [3.05, 3.63) is 0 Å². The molecule has 12 heteroatoms. The molecule has 0 aliphatic carbocycles. The molecular weight excluding hydrogens is 434 g/mol. The van der Waals surface area contributed by atoms with Crippen molar-refractivity contribution in [2.45, 2.75) is 83.0 Å². The van der Waals surface area contributed by atoms with Gasteiger partial charge in [-0.3, -0.25) is 19.2 Å². The summed E-state index contributed by atoms with van der Waals surface area (Å²) in [6.45, 7) is 4.53. The van der Waals surface area contributed by atoms with E-state index in [0.29, 0.717) is 32.2 Å². The minimum Gasteiger partial charge on any atom is -0.481 e. The van der Waals surface area contributed by atoms with Crippen LogP contribution in [0.15, 0.2) is 0 Å². The van der Waals surface area contributed by atoms with E-state index in [-0.39, 0.29) is 24.3 Å². The second-order valence-corrected chi connectivity index (χ2v) is 8.56. The third-order valence-electron chi connectivity index (χ3n) is 5.47. The molecule has 1 rings (SSSR count). The van der Waals surface area contributed by atoms with E-state index in [1.807, 2.05) is 0 Å². The van der Waals surface area contributed by atoms with E-state index in [4.69, 9.17) is 10.8 Å². The van der Waals surface area contributed by atoms with E-state index in [1.54, 1.807) is 13.8 Å². The van der Waals surface area contributed by atoms with Gasteiger partial charge in [-0.15, -0.1) is 0 Å². The van der Waals surface area contributed by atoms with Gasteiger partial charge in [0.2, 0.25) is 17.7 Å². The Hall–Kier alpha value is -2.73. The van der Waals surface area contributed by atoms with E-state index < -0.39 is 48.3 Å². The molecule has 1 aliphatic heterocycles. The SMILES string of the molecule is CC(C)[C@H](NC(=O)[C@H](CCCCN)NC(=O)[C@@H]1CCCN1)C(=O)N[C@@H](CCC(=O)O)C(=O)O. The summed E-state index contributed by atoms with van der Waals surface area (Å²) in [5, 5.41) is 28.8. The summed E-state index contributed by atoms with van der Waals surface area (Å²) < 4.78 is 0. The number of carbonyl (C=O) groups excluding carboxylic acids is 3. The summed E-state index contributed by atoms with van der Waals surface area (Å²) in [4.78, 5) is 60.4. The maximum Gasteiger partial charge on any atom is 0.326 e. The molecule has 1 heterocycles. The topological polar surface area (TPSA) is 200 Å². The van der Waals surface area contributed by atoms with E-state index in [1.165, 1.54) is 0 Å². The minimum atomic E-state index is -1.40. The Bertz CT molecular complexity index is 694. The lowest BCUT2D eigenvalue weighted by Gasteiger charge is -2.27. The number of carboxylic acid groups (broad SMARTS) is 2. The van der Waals surface area contributed by atoms with Gasteiger partial charge in [0, 0.05) is 6.42 Å². The van der Waals surface area contributed by atoms with Gasteiger partial charge in [-0.2, -0.15) is 0 Å². The highest BCUT2D eigenvalue weighted by Gasteiger charge is 2.32. The van der Waals surface area contributed by atoms with Gasteiger partial charge in [0.15, 0.2) is 0 Å². The summed E-state index contributed by atoms with van der Waals surface area (Å²) >= 11 is 0. The van der Waals surface area contributed by atoms with Crippen molar-refractivity contribution in [2.75, 3.05) is 13.1 Å². The number of nitrogens with one attached hydrogen (secondary N) is 4. The molecule has 4 atom stereocenters. The Kier molecular flexibility index (Phi) is 12.4. The zero-order chi connectivity index (χ0) is 25.0. The van der Waals surface area contributed by atoms with Crippen LogP contribution < -0.4 is 27.0 Å². The number of unbranched alkanes of at least 4 members (excludes halogenated alkanes) is 1. The first-order valence-electron chi connectivity index (χ1n) is 11.4. The highest BCUT2D eigenvalue weighted by molar-refractivity contribution is 5.94. The van der Waals surface area contributed by atoms with Crippen molar-refractivity contribution in [3.8, 4) is 0 Å². The van der Waals surface area contributed by atoms with Crippen molar-refractivity contribution in [3.63, 3.8) is 0 Å². The lowest BCUT2D eigenvalue weighted by Crippen LogP contribution is -2.58. The van der Waals surface area contributed by atoms with Crippen LogP contribution in [0.2, 0.25) is 0 Å². The monoisotopic (exact) mass is 471 g/mol. The fourth-order valence-electron chi connectivity index (χ4n) is 3.52. The Morgan fingerprint density at radius 1 is 0.970 bits per heavy atom. The van der Waals surface area contributed by atoms with Crippen LogP contribution in [0, 0.1) is 5.92 Å². The maximum atomic E-state index is 13.0. The molecule has 0 aromatic rings. The molecule has 1 saturated heterocycles. The molecule has 0 saturated carbocycles. The van der Waals surface area contributed by atoms with Gasteiger partial charge in [-0.05, 0) is 57.5 Å². The number of hydrogen-bond donors (Lipinski definition) is 7. The van der Waals surface area contributed by atoms with Gasteiger partial charge < -0.3 is 37.2 Å². The first-order valence-corrected chi connectivity index (χ1v) is 11.4. The van der Waals surface area contributed by atoms with Crippen LogP contribution in [0.3, 0.4) is 0 Å². The molecule has 0 spiro atoms. The molecule has 0 aromatic heterocycles. The first-order chi connectivity index (χ1) is 15.6. The van der Waals surface area contributed by atoms with E-state index in [2.05, 4.69) is 21.3 Å². The van der Waals surface area contributed by atoms with E-state index in [9.17, 15) is 29.1 Å². The van der Waals surface area contributed by atoms with Gasteiger partial charge >= 0.3 is 11.9 Å². The summed E-state index contributed by atoms with van der Waals surface area (Å²) in [6.07, 6.45) is 2.42. The van der Waals surface area contributed by atoms with Crippen LogP contribution in [-0.4, -0.2) is 77.1 Å². The predicted octanol–water partition coefficient (Wildman–Crippen LogP) is -1.07. The Morgan fingerprint density at radius 3 is 2.18 bits per heavy atom. The number of aliphatic carboxylic acids is 2. The standard InChI is InChI=1S/C21H37N5O7/c1-12(2)17(20(31)25-15(21(32)33)8-9-16(27)28)26-19(30)14(6-3-4-10-22)24-18(29)13-7-5-11-23-13/h12-15,17,23H,3-11,22H2,1-2H3,(H,24,29)(H,25,31)(H,26,30)(H,27,28)(H,32,33)/t13-,14-,15-,17-/m0/s1. The lowest BCUT2D eigenvalue weighted by atomic mass is 10.0. The van der Waals surface area contributed by atoms with E-state index >= 15 is 0 Å². The second-order valence-electron chi connectivity index (χ2n) is 8.56. The summed E-state index contributed by atoms with van der Waals surface area (Å²) in [6, 6.07) is -3.71. The average Bonchev–Trinajstić information content (AvgIpc) is 3.28. The van der Waals surface area contributed by atoms with Crippen LogP contribution in [-0.2, 0) is 24.0 Å². The molecule has 0 radical (unpaired) electrons. The quantitative estimate of drug-likeness (QED) is 0.145. The number of rotatable bonds is 15. The summed E-state index contributed by atoms with van der Waals surface area (Å²) in [7, 11) is 0. The van der Waals surface area contributed by atoms with Crippen LogP contribution in [0.5, 0.6) is 0 Å². The minimum absolute atomic E-state index is 0.287. The maximum absolute atomic E-state index is 13.0. The molecule has 188 valence electrons. The van der Waals surface area contributed by atoms with Crippen LogP contribution in [0.25, 0.3) is 0 Å². The van der Waals surface area contributed by atoms with Crippen molar-refractivity contribution >= 4 is 29.7 Å². The smallest absolute Gasteiger partial charge is 0.326 e.